The molecule has 2 atom stereocenters. The molecule has 0 unspecified atom stereocenters. The van der Waals surface area contributed by atoms with Gasteiger partial charge in [0.05, 0.1) is 6.61 Å². The molecule has 0 aliphatic carbocycles. The van der Waals surface area contributed by atoms with Crippen LogP contribution >= 0.6 is 0 Å². The molecule has 0 aromatic carbocycles. The Kier molecular flexibility index (Phi) is 4.97. The predicted molar refractivity (Wildman–Crippen MR) is 86.4 cm³/mol. The lowest BCUT2D eigenvalue weighted by molar-refractivity contribution is -0.164. The van der Waals surface area contributed by atoms with Gasteiger partial charge < -0.3 is 13.9 Å². The van der Waals surface area contributed by atoms with Crippen molar-refractivity contribution in [1.29, 1.82) is 0 Å². The van der Waals surface area contributed by atoms with E-state index in [4.69, 9.17) is 13.9 Å². The van der Waals surface area contributed by atoms with E-state index >= 15 is 0 Å². The maximum absolute atomic E-state index is 6.35. The average molecular weight is 301 g/mol. The number of hydrogen-bond acceptors (Lipinski definition) is 3. The van der Waals surface area contributed by atoms with Gasteiger partial charge in [-0.25, -0.2) is 0 Å². The summed E-state index contributed by atoms with van der Waals surface area (Å²) in [6.07, 6.45) is 4.01. The summed E-state index contributed by atoms with van der Waals surface area (Å²) in [6.45, 7) is 19.9. The van der Waals surface area contributed by atoms with E-state index in [-0.39, 0.29) is 11.1 Å². The maximum Gasteiger partial charge on any atom is 0.192 e. The number of hydrogen-bond donors (Lipinski definition) is 0. The molecule has 1 rings (SSSR count). The minimum atomic E-state index is -1.78. The summed E-state index contributed by atoms with van der Waals surface area (Å²) >= 11 is 0. The second-order valence-corrected chi connectivity index (χ2v) is 12.7. The van der Waals surface area contributed by atoms with Crippen LogP contribution in [0.3, 0.4) is 0 Å². The Morgan fingerprint density at radius 1 is 1.20 bits per heavy atom. The van der Waals surface area contributed by atoms with Crippen LogP contribution in [0.2, 0.25) is 18.1 Å². The van der Waals surface area contributed by atoms with E-state index < -0.39 is 19.7 Å². The first kappa shape index (κ1) is 17.9. The van der Waals surface area contributed by atoms with Crippen molar-refractivity contribution in [2.24, 2.45) is 0 Å². The van der Waals surface area contributed by atoms with Crippen LogP contribution in [0.5, 0.6) is 0 Å². The van der Waals surface area contributed by atoms with Gasteiger partial charge in [0.15, 0.2) is 14.1 Å². The molecule has 0 amide bonds. The lowest BCUT2D eigenvalue weighted by atomic mass is 10.0. The molecule has 0 radical (unpaired) electrons. The van der Waals surface area contributed by atoms with E-state index in [2.05, 4.69) is 46.9 Å². The number of ether oxygens (including phenoxy) is 2. The van der Waals surface area contributed by atoms with Gasteiger partial charge in [-0.3, -0.25) is 0 Å². The van der Waals surface area contributed by atoms with Gasteiger partial charge in [0, 0.05) is 0 Å². The van der Waals surface area contributed by atoms with E-state index in [1.165, 1.54) is 0 Å². The van der Waals surface area contributed by atoms with Gasteiger partial charge >= 0.3 is 0 Å². The fourth-order valence-corrected chi connectivity index (χ4v) is 3.22. The molecule has 20 heavy (non-hydrogen) atoms. The Labute approximate surface area is 125 Å². The highest BCUT2D eigenvalue weighted by atomic mass is 28.4. The molecular weight excluding hydrogens is 268 g/mol. The second kappa shape index (κ2) is 5.56. The van der Waals surface area contributed by atoms with Crippen LogP contribution < -0.4 is 0 Å². The standard InChI is InChI=1S/C16H32O3Si/c1-10-11-13-16(7,19-15(5,6)18-13)12-17-20(8,9)14(2,3)4/h10-11,13H,12H2,1-9H3/b11-10+/t13-,16+/m0/s1. The third kappa shape index (κ3) is 3.94. The average Bonchev–Trinajstić information content (AvgIpc) is 2.46. The quantitative estimate of drug-likeness (QED) is 0.565. The lowest BCUT2D eigenvalue weighted by Gasteiger charge is -2.39. The summed E-state index contributed by atoms with van der Waals surface area (Å²) in [4.78, 5) is 0. The van der Waals surface area contributed by atoms with Crippen LogP contribution in [-0.2, 0) is 13.9 Å². The SMILES string of the molecule is C/C=C/[C@@H]1OC(C)(C)O[C@]1(C)CO[Si](C)(C)C(C)(C)C. The molecular formula is C16H32O3Si. The Morgan fingerprint density at radius 2 is 1.75 bits per heavy atom. The van der Waals surface area contributed by atoms with Gasteiger partial charge in [-0.1, -0.05) is 32.9 Å². The molecule has 3 nitrogen and oxygen atoms in total. The molecule has 118 valence electrons. The Balaban J connectivity index is 2.83. The summed E-state index contributed by atoms with van der Waals surface area (Å²) in [7, 11) is -1.78. The zero-order valence-corrected chi connectivity index (χ0v) is 15.7. The van der Waals surface area contributed by atoms with Crippen molar-refractivity contribution in [2.75, 3.05) is 6.61 Å². The van der Waals surface area contributed by atoms with E-state index in [0.29, 0.717) is 6.61 Å². The predicted octanol–water partition coefficient (Wildman–Crippen LogP) is 4.49. The normalized spacial score (nSPS) is 31.1. The van der Waals surface area contributed by atoms with Gasteiger partial charge in [0.25, 0.3) is 0 Å². The summed E-state index contributed by atoms with van der Waals surface area (Å²) in [6, 6.07) is 0. The van der Waals surface area contributed by atoms with E-state index in [1.54, 1.807) is 0 Å². The molecule has 0 saturated carbocycles. The summed E-state index contributed by atoms with van der Waals surface area (Å²) in [5.41, 5.74) is -0.425. The molecule has 1 aliphatic heterocycles. The smallest absolute Gasteiger partial charge is 0.192 e. The van der Waals surface area contributed by atoms with Crippen molar-refractivity contribution in [2.45, 2.75) is 84.1 Å². The zero-order valence-electron chi connectivity index (χ0n) is 14.7. The molecule has 1 fully saturated rings. The van der Waals surface area contributed by atoms with Crippen LogP contribution in [-0.4, -0.2) is 32.4 Å². The van der Waals surface area contributed by atoms with Crippen molar-refractivity contribution in [3.05, 3.63) is 12.2 Å². The minimum absolute atomic E-state index is 0.0627. The van der Waals surface area contributed by atoms with E-state index in [0.717, 1.165) is 0 Å². The Morgan fingerprint density at radius 3 is 2.20 bits per heavy atom. The first-order chi connectivity index (χ1) is 8.83. The highest BCUT2D eigenvalue weighted by Gasteiger charge is 2.50. The third-order valence-corrected chi connectivity index (χ3v) is 8.86. The third-order valence-electron chi connectivity index (χ3n) is 4.38. The van der Waals surface area contributed by atoms with Gasteiger partial charge in [0.1, 0.15) is 11.7 Å². The molecule has 0 aromatic heterocycles. The highest BCUT2D eigenvalue weighted by Crippen LogP contribution is 2.41. The first-order valence-corrected chi connectivity index (χ1v) is 10.4. The largest absolute Gasteiger partial charge is 0.414 e. The molecule has 1 aliphatic rings. The van der Waals surface area contributed by atoms with Gasteiger partial charge in [-0.2, -0.15) is 0 Å². The minimum Gasteiger partial charge on any atom is -0.414 e. The second-order valence-electron chi connectivity index (χ2n) is 7.93. The topological polar surface area (TPSA) is 27.7 Å². The number of rotatable bonds is 4. The van der Waals surface area contributed by atoms with Crippen LogP contribution in [0.15, 0.2) is 12.2 Å². The molecule has 4 heteroatoms. The van der Waals surface area contributed by atoms with Gasteiger partial charge in [-0.05, 0) is 45.8 Å². The molecule has 0 aromatic rings. The fourth-order valence-electron chi connectivity index (χ4n) is 2.14. The van der Waals surface area contributed by atoms with Crippen molar-refractivity contribution in [3.63, 3.8) is 0 Å². The van der Waals surface area contributed by atoms with Crippen LogP contribution in [0, 0.1) is 0 Å². The van der Waals surface area contributed by atoms with Crippen LogP contribution in [0.1, 0.15) is 48.5 Å². The van der Waals surface area contributed by atoms with Crippen LogP contribution in [0.4, 0.5) is 0 Å². The molecule has 0 N–H and O–H groups in total. The first-order valence-electron chi connectivity index (χ1n) is 7.48. The maximum atomic E-state index is 6.35. The van der Waals surface area contributed by atoms with Crippen molar-refractivity contribution >= 4 is 8.32 Å². The van der Waals surface area contributed by atoms with Crippen molar-refractivity contribution in [3.8, 4) is 0 Å². The Bertz CT molecular complexity index is 368. The van der Waals surface area contributed by atoms with Crippen molar-refractivity contribution < 1.29 is 13.9 Å². The molecule has 0 spiro atoms. The summed E-state index contributed by atoms with van der Waals surface area (Å²) in [5.74, 6) is -0.560. The Hall–Kier alpha value is -0.163. The molecule has 0 bridgehead atoms. The summed E-state index contributed by atoms with van der Waals surface area (Å²) < 4.78 is 18.5. The van der Waals surface area contributed by atoms with Gasteiger partial charge in [-0.15, -0.1) is 0 Å². The van der Waals surface area contributed by atoms with E-state index in [9.17, 15) is 0 Å². The zero-order chi connectivity index (χ0) is 15.8. The lowest BCUT2D eigenvalue weighted by Crippen LogP contribution is -2.48. The molecule has 1 heterocycles. The fraction of sp³-hybridized carbons (Fsp3) is 0.875. The van der Waals surface area contributed by atoms with Crippen molar-refractivity contribution in [1.82, 2.24) is 0 Å². The monoisotopic (exact) mass is 300 g/mol. The number of allylic oxidation sites excluding steroid dienone is 1. The van der Waals surface area contributed by atoms with E-state index in [1.807, 2.05) is 26.8 Å². The van der Waals surface area contributed by atoms with Gasteiger partial charge in [0.2, 0.25) is 0 Å². The van der Waals surface area contributed by atoms with Crippen LogP contribution in [0.25, 0.3) is 0 Å². The summed E-state index contributed by atoms with van der Waals surface area (Å²) in [5, 5.41) is 0.203. The highest BCUT2D eigenvalue weighted by molar-refractivity contribution is 6.74. The molecule has 1 saturated heterocycles.